The minimum atomic E-state index is -3.98. The molecule has 0 aliphatic heterocycles. The van der Waals surface area contributed by atoms with Crippen molar-refractivity contribution in [3.05, 3.63) is 77.8 Å². The second-order valence-electron chi connectivity index (χ2n) is 5.90. The summed E-state index contributed by atoms with van der Waals surface area (Å²) in [5.41, 5.74) is -0.00995. The average Bonchev–Trinajstić information content (AvgIpc) is 2.61. The number of hydrogen-bond donors (Lipinski definition) is 1. The molecule has 0 aromatic heterocycles. The smallest absolute Gasteiger partial charge is 0.261 e. The van der Waals surface area contributed by atoms with E-state index in [1.165, 1.54) is 42.5 Å². The Hall–Kier alpha value is -2.55. The van der Waals surface area contributed by atoms with Crippen molar-refractivity contribution in [1.29, 1.82) is 0 Å². The Labute approximate surface area is 168 Å². The van der Waals surface area contributed by atoms with Gasteiger partial charge < -0.3 is 4.74 Å². The van der Waals surface area contributed by atoms with Crippen molar-refractivity contribution in [3.8, 4) is 11.5 Å². The van der Waals surface area contributed by atoms with E-state index >= 15 is 0 Å². The van der Waals surface area contributed by atoms with Gasteiger partial charge in [0.2, 0.25) is 0 Å². The van der Waals surface area contributed by atoms with E-state index in [1.54, 1.807) is 30.3 Å². The normalized spacial score (nSPS) is 11.8. The van der Waals surface area contributed by atoms with Gasteiger partial charge in [0.15, 0.2) is 9.84 Å². The lowest BCUT2D eigenvalue weighted by Gasteiger charge is -2.12. The highest BCUT2D eigenvalue weighted by molar-refractivity contribution is 7.93. The highest BCUT2D eigenvalue weighted by atomic mass is 35.5. The molecule has 0 fully saturated rings. The summed E-state index contributed by atoms with van der Waals surface area (Å²) in [4.78, 5) is -0.131. The van der Waals surface area contributed by atoms with E-state index in [-0.39, 0.29) is 15.5 Å². The van der Waals surface area contributed by atoms with Gasteiger partial charge in [-0.15, -0.1) is 0 Å². The van der Waals surface area contributed by atoms with Crippen LogP contribution in [-0.4, -0.2) is 23.1 Å². The lowest BCUT2D eigenvalue weighted by atomic mass is 10.3. The maximum absolute atomic E-state index is 12.6. The predicted octanol–water partition coefficient (Wildman–Crippen LogP) is 4.34. The molecule has 0 aliphatic rings. The molecule has 0 saturated carbocycles. The first kappa shape index (κ1) is 20.2. The molecule has 0 bridgehead atoms. The second kappa shape index (κ2) is 7.83. The van der Waals surface area contributed by atoms with E-state index in [2.05, 4.69) is 4.72 Å². The van der Waals surface area contributed by atoms with Crippen LogP contribution < -0.4 is 9.46 Å². The van der Waals surface area contributed by atoms with Gasteiger partial charge in [0.25, 0.3) is 10.0 Å². The number of rotatable bonds is 6. The second-order valence-corrected chi connectivity index (χ2v) is 10.0. The quantitative estimate of drug-likeness (QED) is 0.619. The topological polar surface area (TPSA) is 89.5 Å². The number of halogens is 1. The molecule has 3 rings (SSSR count). The third-order valence-corrected chi connectivity index (χ3v) is 6.47. The minimum Gasteiger partial charge on any atom is -0.457 e. The molecule has 0 radical (unpaired) electrons. The summed E-state index contributed by atoms with van der Waals surface area (Å²) in [5.74, 6) is 0.945. The van der Waals surface area contributed by atoms with E-state index in [0.29, 0.717) is 16.5 Å². The van der Waals surface area contributed by atoms with Gasteiger partial charge in [0.05, 0.1) is 15.5 Å². The first-order valence-electron chi connectivity index (χ1n) is 8.00. The fourth-order valence-electron chi connectivity index (χ4n) is 2.43. The van der Waals surface area contributed by atoms with Crippen LogP contribution in [0.2, 0.25) is 5.02 Å². The zero-order valence-corrected chi connectivity index (χ0v) is 17.1. The van der Waals surface area contributed by atoms with Crippen LogP contribution in [0.3, 0.4) is 0 Å². The molecule has 3 aromatic carbocycles. The van der Waals surface area contributed by atoms with Crippen molar-refractivity contribution < 1.29 is 21.6 Å². The molecule has 6 nitrogen and oxygen atoms in total. The van der Waals surface area contributed by atoms with Crippen LogP contribution in [0.4, 0.5) is 5.69 Å². The number of hydrogen-bond acceptors (Lipinski definition) is 5. The lowest BCUT2D eigenvalue weighted by molar-refractivity contribution is 0.482. The molecule has 0 aliphatic carbocycles. The monoisotopic (exact) mass is 437 g/mol. The summed E-state index contributed by atoms with van der Waals surface area (Å²) in [7, 11) is -7.57. The molecule has 0 unspecified atom stereocenters. The molecule has 146 valence electrons. The number of para-hydroxylation sites is 1. The molecule has 9 heteroatoms. The summed E-state index contributed by atoms with van der Waals surface area (Å²) in [6.07, 6.45) is 1.02. The van der Waals surface area contributed by atoms with Crippen LogP contribution in [0.15, 0.2) is 82.6 Å². The fourth-order valence-corrected chi connectivity index (χ4v) is 4.60. The van der Waals surface area contributed by atoms with E-state index in [1.807, 2.05) is 0 Å². The molecule has 1 N–H and O–H groups in total. The molecule has 0 heterocycles. The number of sulfonamides is 1. The van der Waals surface area contributed by atoms with Crippen LogP contribution in [0.1, 0.15) is 0 Å². The fraction of sp³-hybridized carbons (Fsp3) is 0.0526. The van der Waals surface area contributed by atoms with E-state index in [4.69, 9.17) is 16.3 Å². The summed E-state index contributed by atoms with van der Waals surface area (Å²) in [6, 6.07) is 18.3. The van der Waals surface area contributed by atoms with Gasteiger partial charge in [-0.25, -0.2) is 16.8 Å². The largest absolute Gasteiger partial charge is 0.457 e. The van der Waals surface area contributed by atoms with Gasteiger partial charge in [-0.2, -0.15) is 0 Å². The van der Waals surface area contributed by atoms with Crippen molar-refractivity contribution in [2.75, 3.05) is 11.0 Å². The average molecular weight is 438 g/mol. The van der Waals surface area contributed by atoms with Crippen molar-refractivity contribution in [2.24, 2.45) is 0 Å². The van der Waals surface area contributed by atoms with Crippen LogP contribution in [0.5, 0.6) is 11.5 Å². The van der Waals surface area contributed by atoms with Crippen LogP contribution in [0, 0.1) is 0 Å². The Kier molecular flexibility index (Phi) is 5.64. The predicted molar refractivity (Wildman–Crippen MR) is 108 cm³/mol. The summed E-state index contributed by atoms with van der Waals surface area (Å²) < 4.78 is 56.9. The standard InChI is InChI=1S/C19H16ClNO5S2/c1-27(22,23)19-8-3-2-7-18(19)21-28(24,25)17-11-9-15(10-12-17)26-16-6-4-5-14(20)13-16/h2-13,21H,1H3. The first-order valence-corrected chi connectivity index (χ1v) is 11.8. The molecule has 0 saturated heterocycles. The van der Waals surface area contributed by atoms with Crippen molar-refractivity contribution in [2.45, 2.75) is 9.79 Å². The Morgan fingerprint density at radius 1 is 0.821 bits per heavy atom. The van der Waals surface area contributed by atoms with E-state index in [9.17, 15) is 16.8 Å². The summed E-state index contributed by atoms with van der Waals surface area (Å²) >= 11 is 5.91. The van der Waals surface area contributed by atoms with Crippen molar-refractivity contribution in [3.63, 3.8) is 0 Å². The number of ether oxygens (including phenoxy) is 1. The number of anilines is 1. The van der Waals surface area contributed by atoms with E-state index in [0.717, 1.165) is 6.26 Å². The Morgan fingerprint density at radius 3 is 2.14 bits per heavy atom. The summed E-state index contributed by atoms with van der Waals surface area (Å²) in [5, 5.41) is 0.519. The highest BCUT2D eigenvalue weighted by Gasteiger charge is 2.19. The van der Waals surface area contributed by atoms with Gasteiger partial charge >= 0.3 is 0 Å². The number of benzene rings is 3. The number of sulfone groups is 1. The molecule has 0 amide bonds. The van der Waals surface area contributed by atoms with Crippen molar-refractivity contribution >= 4 is 37.1 Å². The zero-order chi connectivity index (χ0) is 20.4. The Morgan fingerprint density at radius 2 is 1.50 bits per heavy atom. The number of nitrogens with one attached hydrogen (secondary N) is 1. The third-order valence-electron chi connectivity index (χ3n) is 3.70. The molecule has 28 heavy (non-hydrogen) atoms. The van der Waals surface area contributed by atoms with Crippen LogP contribution in [-0.2, 0) is 19.9 Å². The summed E-state index contributed by atoms with van der Waals surface area (Å²) in [6.45, 7) is 0. The molecule has 0 spiro atoms. The Balaban J connectivity index is 1.84. The van der Waals surface area contributed by atoms with Crippen molar-refractivity contribution in [1.82, 2.24) is 0 Å². The molecule has 3 aromatic rings. The SMILES string of the molecule is CS(=O)(=O)c1ccccc1NS(=O)(=O)c1ccc(Oc2cccc(Cl)c2)cc1. The third kappa shape index (κ3) is 4.83. The maximum atomic E-state index is 12.6. The van der Waals surface area contributed by atoms with Gasteiger partial charge in [-0.1, -0.05) is 29.8 Å². The van der Waals surface area contributed by atoms with Crippen LogP contribution in [0.25, 0.3) is 0 Å². The first-order chi connectivity index (χ1) is 13.1. The van der Waals surface area contributed by atoms with E-state index < -0.39 is 19.9 Å². The van der Waals surface area contributed by atoms with Gasteiger partial charge in [0.1, 0.15) is 11.5 Å². The van der Waals surface area contributed by atoms with Gasteiger partial charge in [-0.05, 0) is 54.6 Å². The van der Waals surface area contributed by atoms with Crippen LogP contribution >= 0.6 is 11.6 Å². The maximum Gasteiger partial charge on any atom is 0.261 e. The lowest BCUT2D eigenvalue weighted by Crippen LogP contribution is -2.15. The molecular weight excluding hydrogens is 422 g/mol. The Bertz CT molecular complexity index is 1210. The highest BCUT2D eigenvalue weighted by Crippen LogP contribution is 2.27. The molecule has 0 atom stereocenters. The minimum absolute atomic E-state index is 0.00995. The zero-order valence-electron chi connectivity index (χ0n) is 14.7. The van der Waals surface area contributed by atoms with Gasteiger partial charge in [-0.3, -0.25) is 4.72 Å². The van der Waals surface area contributed by atoms with Gasteiger partial charge in [0, 0.05) is 11.3 Å². The molecular formula is C19H16ClNO5S2.